The van der Waals surface area contributed by atoms with Crippen LogP contribution in [0.2, 0.25) is 0 Å². The molecule has 5 heteroatoms. The standard InChI is InChI=1S/C15H12BrNOS2/c1-8-5-10(6-9(2)14(8)16)17-15(18)13-7-12-11(20-13)3-4-19-12/h3-7H,1-2H3,(H,17,18). The zero-order valence-corrected chi connectivity index (χ0v) is 14.2. The first kappa shape index (κ1) is 13.8. The van der Waals surface area contributed by atoms with Crippen LogP contribution in [0.3, 0.4) is 0 Å². The molecule has 0 unspecified atom stereocenters. The van der Waals surface area contributed by atoms with Crippen LogP contribution in [-0.4, -0.2) is 5.91 Å². The molecule has 0 atom stereocenters. The number of aryl methyl sites for hydroxylation is 2. The number of fused-ring (bicyclic) bond motifs is 1. The quantitative estimate of drug-likeness (QED) is 0.629. The number of hydrogen-bond acceptors (Lipinski definition) is 3. The van der Waals surface area contributed by atoms with Crippen molar-refractivity contribution in [2.45, 2.75) is 13.8 Å². The normalized spacial score (nSPS) is 10.9. The molecule has 2 aromatic heterocycles. The summed E-state index contributed by atoms with van der Waals surface area (Å²) in [5, 5.41) is 5.02. The Labute approximate surface area is 133 Å². The zero-order valence-electron chi connectivity index (χ0n) is 11.0. The Balaban J connectivity index is 1.87. The Kier molecular flexibility index (Phi) is 3.67. The number of rotatable bonds is 2. The lowest BCUT2D eigenvalue weighted by Gasteiger charge is -2.08. The number of thiophene rings is 2. The molecule has 0 bridgehead atoms. The molecule has 3 aromatic rings. The molecule has 102 valence electrons. The summed E-state index contributed by atoms with van der Waals surface area (Å²) < 4.78 is 3.43. The van der Waals surface area contributed by atoms with E-state index < -0.39 is 0 Å². The van der Waals surface area contributed by atoms with E-state index in [1.165, 1.54) is 20.7 Å². The molecule has 20 heavy (non-hydrogen) atoms. The minimum atomic E-state index is -0.0421. The van der Waals surface area contributed by atoms with E-state index in [1.807, 2.05) is 37.4 Å². The largest absolute Gasteiger partial charge is 0.321 e. The van der Waals surface area contributed by atoms with Crippen molar-refractivity contribution in [1.82, 2.24) is 0 Å². The van der Waals surface area contributed by atoms with E-state index in [9.17, 15) is 4.79 Å². The molecule has 1 N–H and O–H groups in total. The molecule has 0 fully saturated rings. The summed E-state index contributed by atoms with van der Waals surface area (Å²) >= 11 is 6.73. The van der Waals surface area contributed by atoms with Gasteiger partial charge in [0.2, 0.25) is 0 Å². The molecule has 3 rings (SSSR count). The van der Waals surface area contributed by atoms with Crippen molar-refractivity contribution < 1.29 is 4.79 Å². The first-order valence-electron chi connectivity index (χ1n) is 6.10. The van der Waals surface area contributed by atoms with Crippen LogP contribution in [0, 0.1) is 13.8 Å². The van der Waals surface area contributed by atoms with E-state index >= 15 is 0 Å². The van der Waals surface area contributed by atoms with Crippen molar-refractivity contribution in [2.24, 2.45) is 0 Å². The van der Waals surface area contributed by atoms with Crippen molar-refractivity contribution in [3.05, 3.63) is 50.1 Å². The van der Waals surface area contributed by atoms with Crippen LogP contribution < -0.4 is 5.32 Å². The van der Waals surface area contributed by atoms with E-state index in [-0.39, 0.29) is 5.91 Å². The Hall–Kier alpha value is -1.17. The number of halogens is 1. The van der Waals surface area contributed by atoms with Crippen molar-refractivity contribution in [3.8, 4) is 0 Å². The van der Waals surface area contributed by atoms with Gasteiger partial charge in [-0.3, -0.25) is 4.79 Å². The van der Waals surface area contributed by atoms with E-state index in [0.717, 1.165) is 26.2 Å². The molecule has 0 aliphatic rings. The third-order valence-corrected chi connectivity index (χ3v) is 6.40. The summed E-state index contributed by atoms with van der Waals surface area (Å²) in [6, 6.07) is 7.96. The Morgan fingerprint density at radius 3 is 2.50 bits per heavy atom. The van der Waals surface area contributed by atoms with Crippen LogP contribution >= 0.6 is 38.6 Å². The minimum Gasteiger partial charge on any atom is -0.321 e. The van der Waals surface area contributed by atoms with Crippen LogP contribution in [0.25, 0.3) is 9.40 Å². The molecule has 0 aliphatic heterocycles. The van der Waals surface area contributed by atoms with Gasteiger partial charge in [-0.1, -0.05) is 15.9 Å². The summed E-state index contributed by atoms with van der Waals surface area (Å²) in [6.45, 7) is 4.04. The third kappa shape index (κ3) is 2.53. The van der Waals surface area contributed by atoms with Gasteiger partial charge in [-0.25, -0.2) is 0 Å². The second-order valence-corrected chi connectivity index (χ2v) is 7.46. The van der Waals surface area contributed by atoms with E-state index in [2.05, 4.69) is 27.3 Å². The molecule has 2 nitrogen and oxygen atoms in total. The summed E-state index contributed by atoms with van der Waals surface area (Å²) in [5.74, 6) is -0.0421. The topological polar surface area (TPSA) is 29.1 Å². The summed E-state index contributed by atoms with van der Waals surface area (Å²) in [7, 11) is 0. The lowest BCUT2D eigenvalue weighted by atomic mass is 10.1. The van der Waals surface area contributed by atoms with Gasteiger partial charge in [0.25, 0.3) is 5.91 Å². The van der Waals surface area contributed by atoms with Gasteiger partial charge in [-0.15, -0.1) is 22.7 Å². The van der Waals surface area contributed by atoms with Gasteiger partial charge in [0.05, 0.1) is 4.88 Å². The van der Waals surface area contributed by atoms with Crippen LogP contribution in [0.4, 0.5) is 5.69 Å². The summed E-state index contributed by atoms with van der Waals surface area (Å²) in [6.07, 6.45) is 0. The number of carbonyl (C=O) groups is 1. The number of anilines is 1. The van der Waals surface area contributed by atoms with Gasteiger partial charge in [0.15, 0.2) is 0 Å². The highest BCUT2D eigenvalue weighted by Gasteiger charge is 2.12. The van der Waals surface area contributed by atoms with Gasteiger partial charge in [-0.2, -0.15) is 0 Å². The smallest absolute Gasteiger partial charge is 0.265 e. The first-order valence-corrected chi connectivity index (χ1v) is 8.58. The van der Waals surface area contributed by atoms with E-state index in [1.54, 1.807) is 11.3 Å². The highest BCUT2D eigenvalue weighted by Crippen LogP contribution is 2.31. The molecular formula is C15H12BrNOS2. The van der Waals surface area contributed by atoms with Crippen LogP contribution in [0.5, 0.6) is 0 Å². The number of nitrogens with one attached hydrogen (secondary N) is 1. The SMILES string of the molecule is Cc1cc(NC(=O)c2cc3sccc3s2)cc(C)c1Br. The molecular weight excluding hydrogens is 354 g/mol. The van der Waals surface area contributed by atoms with Gasteiger partial charge < -0.3 is 5.32 Å². The maximum absolute atomic E-state index is 12.3. The number of hydrogen-bond donors (Lipinski definition) is 1. The predicted octanol–water partition coefficient (Wildman–Crippen LogP) is 5.59. The van der Waals surface area contributed by atoms with Gasteiger partial charge in [0, 0.05) is 19.6 Å². The summed E-state index contributed by atoms with van der Waals surface area (Å²) in [4.78, 5) is 13.0. The number of carbonyl (C=O) groups excluding carboxylic acids is 1. The maximum atomic E-state index is 12.3. The van der Waals surface area contributed by atoms with Crippen molar-refractivity contribution in [1.29, 1.82) is 0 Å². The highest BCUT2D eigenvalue weighted by molar-refractivity contribution is 9.10. The van der Waals surface area contributed by atoms with Gasteiger partial charge >= 0.3 is 0 Å². The second kappa shape index (κ2) is 5.31. The molecule has 0 saturated heterocycles. The third-order valence-electron chi connectivity index (χ3n) is 3.06. The molecule has 0 spiro atoms. The summed E-state index contributed by atoms with van der Waals surface area (Å²) in [5.41, 5.74) is 3.07. The van der Waals surface area contributed by atoms with Gasteiger partial charge in [-0.05, 0) is 54.6 Å². The zero-order chi connectivity index (χ0) is 14.3. The fraction of sp³-hybridized carbons (Fsp3) is 0.133. The van der Waals surface area contributed by atoms with Crippen LogP contribution in [0.15, 0.2) is 34.1 Å². The first-order chi connectivity index (χ1) is 9.54. The Bertz CT molecular complexity index is 752. The fourth-order valence-corrected chi connectivity index (χ4v) is 4.32. The van der Waals surface area contributed by atoms with E-state index in [0.29, 0.717) is 0 Å². The van der Waals surface area contributed by atoms with Crippen LogP contribution in [0.1, 0.15) is 20.8 Å². The lowest BCUT2D eigenvalue weighted by Crippen LogP contribution is -2.10. The van der Waals surface area contributed by atoms with E-state index in [4.69, 9.17) is 0 Å². The molecule has 0 radical (unpaired) electrons. The van der Waals surface area contributed by atoms with Crippen molar-refractivity contribution in [2.75, 3.05) is 5.32 Å². The van der Waals surface area contributed by atoms with Crippen molar-refractivity contribution >= 4 is 59.6 Å². The Morgan fingerprint density at radius 1 is 1.15 bits per heavy atom. The molecule has 2 heterocycles. The Morgan fingerprint density at radius 2 is 1.85 bits per heavy atom. The van der Waals surface area contributed by atoms with Crippen LogP contribution in [-0.2, 0) is 0 Å². The molecule has 1 amide bonds. The lowest BCUT2D eigenvalue weighted by molar-refractivity contribution is 0.103. The predicted molar refractivity (Wildman–Crippen MR) is 91.3 cm³/mol. The molecule has 0 saturated carbocycles. The molecule has 0 aliphatic carbocycles. The van der Waals surface area contributed by atoms with Gasteiger partial charge in [0.1, 0.15) is 0 Å². The minimum absolute atomic E-state index is 0.0421. The van der Waals surface area contributed by atoms with Crippen molar-refractivity contribution in [3.63, 3.8) is 0 Å². The maximum Gasteiger partial charge on any atom is 0.265 e. The number of benzene rings is 1. The second-order valence-electron chi connectivity index (χ2n) is 4.64. The average Bonchev–Trinajstić information content (AvgIpc) is 2.96. The molecule has 1 aromatic carbocycles. The average molecular weight is 366 g/mol. The monoisotopic (exact) mass is 365 g/mol. The fourth-order valence-electron chi connectivity index (χ4n) is 2.09. The highest BCUT2D eigenvalue weighted by atomic mass is 79.9. The number of amides is 1.